The Morgan fingerprint density at radius 2 is 2.00 bits per heavy atom. The second kappa shape index (κ2) is 6.66. The average Bonchev–Trinajstić information content (AvgIpc) is 3.36. The first kappa shape index (κ1) is 15.8. The number of nitrogens with zero attached hydrogens (tertiary/aromatic N) is 4. The molecule has 0 bridgehead atoms. The maximum atomic E-state index is 12.7. The van der Waals surface area contributed by atoms with E-state index in [0.29, 0.717) is 18.1 Å². The number of hydrogen-bond acceptors (Lipinski definition) is 4. The minimum atomic E-state index is -0.179. The third-order valence-corrected chi connectivity index (χ3v) is 4.80. The summed E-state index contributed by atoms with van der Waals surface area (Å²) >= 11 is 0. The van der Waals surface area contributed by atoms with Gasteiger partial charge in [-0.1, -0.05) is 0 Å². The number of pyridine rings is 1. The van der Waals surface area contributed by atoms with Crippen LogP contribution < -0.4 is 5.32 Å². The number of carbonyl (C=O) groups excluding carboxylic acids is 2. The van der Waals surface area contributed by atoms with Gasteiger partial charge in [0.1, 0.15) is 0 Å². The number of piperidine rings is 1. The van der Waals surface area contributed by atoms with Gasteiger partial charge in [0, 0.05) is 37.6 Å². The van der Waals surface area contributed by atoms with E-state index in [1.165, 1.54) is 0 Å². The van der Waals surface area contributed by atoms with Crippen molar-refractivity contribution in [1.82, 2.24) is 19.7 Å². The minimum Gasteiger partial charge on any atom is -0.342 e. The molecule has 0 spiro atoms. The third-order valence-electron chi connectivity index (χ3n) is 4.80. The van der Waals surface area contributed by atoms with Gasteiger partial charge >= 0.3 is 0 Å². The second-order valence-corrected chi connectivity index (χ2v) is 6.71. The van der Waals surface area contributed by atoms with E-state index in [9.17, 15) is 9.59 Å². The van der Waals surface area contributed by atoms with Gasteiger partial charge in [0.15, 0.2) is 5.82 Å². The van der Waals surface area contributed by atoms with E-state index in [-0.39, 0.29) is 23.7 Å². The number of carbonyl (C=O) groups is 2. The molecule has 25 heavy (non-hydrogen) atoms. The summed E-state index contributed by atoms with van der Waals surface area (Å²) in [5.41, 5.74) is 0.627. The van der Waals surface area contributed by atoms with Crippen molar-refractivity contribution >= 4 is 17.5 Å². The summed E-state index contributed by atoms with van der Waals surface area (Å²) < 4.78 is 1.62. The second-order valence-electron chi connectivity index (χ2n) is 6.71. The van der Waals surface area contributed by atoms with Crippen molar-refractivity contribution in [3.8, 4) is 5.82 Å². The lowest BCUT2D eigenvalue weighted by Gasteiger charge is -2.32. The minimum absolute atomic E-state index is 0.0605. The Kier molecular flexibility index (Phi) is 4.21. The van der Waals surface area contributed by atoms with Crippen molar-refractivity contribution in [3.63, 3.8) is 0 Å². The highest BCUT2D eigenvalue weighted by atomic mass is 16.2. The van der Waals surface area contributed by atoms with E-state index in [0.717, 1.165) is 32.2 Å². The molecule has 2 fully saturated rings. The summed E-state index contributed by atoms with van der Waals surface area (Å²) in [7, 11) is 0. The smallest absolute Gasteiger partial charge is 0.229 e. The van der Waals surface area contributed by atoms with E-state index in [4.69, 9.17) is 0 Å². The molecule has 4 rings (SSSR count). The van der Waals surface area contributed by atoms with Gasteiger partial charge in [-0.05, 0) is 43.9 Å². The van der Waals surface area contributed by atoms with Gasteiger partial charge in [0.25, 0.3) is 0 Å². The van der Waals surface area contributed by atoms with E-state index < -0.39 is 0 Å². The molecule has 0 unspecified atom stereocenters. The van der Waals surface area contributed by atoms with Crippen molar-refractivity contribution in [2.24, 2.45) is 11.8 Å². The molecule has 3 heterocycles. The molecule has 2 aliphatic rings. The topological polar surface area (TPSA) is 80.1 Å². The summed E-state index contributed by atoms with van der Waals surface area (Å²) in [6, 6.07) is 5.41. The standard InChI is InChI=1S/C18H21N5O2/c24-17(14-4-2-10-22(12-14)18(25)13-6-7-13)21-15-5-1-8-19-16(15)23-11-3-9-20-23/h1,3,5,8-9,11,13-14H,2,4,6-7,10,12H2,(H,21,24)/t14-/m0/s1. The molecule has 130 valence electrons. The molecule has 2 aromatic rings. The fourth-order valence-corrected chi connectivity index (χ4v) is 3.29. The summed E-state index contributed by atoms with van der Waals surface area (Å²) in [5, 5.41) is 7.15. The Labute approximate surface area is 146 Å². The van der Waals surface area contributed by atoms with Crippen LogP contribution in [0.5, 0.6) is 0 Å². The molecule has 7 heteroatoms. The Morgan fingerprint density at radius 3 is 2.76 bits per heavy atom. The zero-order chi connectivity index (χ0) is 17.2. The van der Waals surface area contributed by atoms with Crippen LogP contribution in [0.1, 0.15) is 25.7 Å². The predicted molar refractivity (Wildman–Crippen MR) is 92.0 cm³/mol. The van der Waals surface area contributed by atoms with Gasteiger partial charge in [0.2, 0.25) is 11.8 Å². The Morgan fingerprint density at radius 1 is 1.12 bits per heavy atom. The lowest BCUT2D eigenvalue weighted by Crippen LogP contribution is -2.44. The fraction of sp³-hybridized carbons (Fsp3) is 0.444. The van der Waals surface area contributed by atoms with Crippen LogP contribution in [0, 0.1) is 11.8 Å². The first-order chi connectivity index (χ1) is 12.2. The molecule has 2 amide bonds. The number of aromatic nitrogens is 3. The predicted octanol–water partition coefficient (Wildman–Crippen LogP) is 1.85. The first-order valence-electron chi connectivity index (χ1n) is 8.77. The summed E-state index contributed by atoms with van der Waals surface area (Å²) in [6.07, 6.45) is 8.79. The summed E-state index contributed by atoms with van der Waals surface area (Å²) in [4.78, 5) is 31.2. The molecule has 1 aliphatic carbocycles. The van der Waals surface area contributed by atoms with Gasteiger partial charge in [-0.25, -0.2) is 9.67 Å². The lowest BCUT2D eigenvalue weighted by molar-refractivity contribution is -0.135. The summed E-state index contributed by atoms with van der Waals surface area (Å²) in [5.74, 6) is 0.766. The highest BCUT2D eigenvalue weighted by Gasteiger charge is 2.36. The van der Waals surface area contributed by atoms with Crippen molar-refractivity contribution < 1.29 is 9.59 Å². The number of amides is 2. The number of nitrogens with one attached hydrogen (secondary N) is 1. The Balaban J connectivity index is 1.46. The van der Waals surface area contributed by atoms with Crippen LogP contribution in [0.15, 0.2) is 36.8 Å². The molecular formula is C18H21N5O2. The van der Waals surface area contributed by atoms with Gasteiger partial charge in [0.05, 0.1) is 11.6 Å². The molecule has 1 saturated carbocycles. The Bertz CT molecular complexity index is 770. The molecule has 7 nitrogen and oxygen atoms in total. The molecular weight excluding hydrogens is 318 g/mol. The molecule has 1 saturated heterocycles. The summed E-state index contributed by atoms with van der Waals surface area (Å²) in [6.45, 7) is 1.28. The zero-order valence-electron chi connectivity index (χ0n) is 14.0. The zero-order valence-corrected chi connectivity index (χ0v) is 14.0. The molecule has 0 radical (unpaired) electrons. The SMILES string of the molecule is O=C(Nc1cccnc1-n1cccn1)[C@H]1CCCN(C(=O)C2CC2)C1. The van der Waals surface area contributed by atoms with Crippen LogP contribution in [-0.2, 0) is 9.59 Å². The van der Waals surface area contributed by atoms with E-state index >= 15 is 0 Å². The van der Waals surface area contributed by atoms with Crippen molar-refractivity contribution in [2.45, 2.75) is 25.7 Å². The van der Waals surface area contributed by atoms with E-state index in [1.807, 2.05) is 17.0 Å². The first-order valence-corrected chi connectivity index (χ1v) is 8.77. The van der Waals surface area contributed by atoms with Crippen molar-refractivity contribution in [1.29, 1.82) is 0 Å². The van der Waals surface area contributed by atoms with Crippen LogP contribution in [0.2, 0.25) is 0 Å². The molecule has 0 aromatic carbocycles. The molecule has 1 aliphatic heterocycles. The van der Waals surface area contributed by atoms with Gasteiger partial charge in [-0.15, -0.1) is 0 Å². The number of rotatable bonds is 4. The van der Waals surface area contributed by atoms with Crippen LogP contribution in [0.25, 0.3) is 5.82 Å². The van der Waals surface area contributed by atoms with Gasteiger partial charge in [-0.3, -0.25) is 9.59 Å². The number of likely N-dealkylation sites (tertiary alicyclic amines) is 1. The monoisotopic (exact) mass is 339 g/mol. The molecule has 1 N–H and O–H groups in total. The van der Waals surface area contributed by atoms with E-state index in [2.05, 4.69) is 15.4 Å². The normalized spacial score (nSPS) is 20.3. The van der Waals surface area contributed by atoms with Crippen LogP contribution in [0.3, 0.4) is 0 Å². The number of anilines is 1. The maximum Gasteiger partial charge on any atom is 0.229 e. The molecule has 1 atom stereocenters. The van der Waals surface area contributed by atoms with Crippen LogP contribution in [0.4, 0.5) is 5.69 Å². The quantitative estimate of drug-likeness (QED) is 0.922. The lowest BCUT2D eigenvalue weighted by atomic mass is 9.96. The highest BCUT2D eigenvalue weighted by molar-refractivity contribution is 5.94. The van der Waals surface area contributed by atoms with Crippen LogP contribution >= 0.6 is 0 Å². The fourth-order valence-electron chi connectivity index (χ4n) is 3.29. The van der Waals surface area contributed by atoms with Gasteiger partial charge < -0.3 is 10.2 Å². The van der Waals surface area contributed by atoms with Crippen molar-refractivity contribution in [3.05, 3.63) is 36.8 Å². The van der Waals surface area contributed by atoms with E-state index in [1.54, 1.807) is 29.3 Å². The maximum absolute atomic E-state index is 12.7. The van der Waals surface area contributed by atoms with Crippen molar-refractivity contribution in [2.75, 3.05) is 18.4 Å². The molecule has 2 aromatic heterocycles. The average molecular weight is 339 g/mol. The highest BCUT2D eigenvalue weighted by Crippen LogP contribution is 2.32. The third kappa shape index (κ3) is 3.40. The van der Waals surface area contributed by atoms with Crippen LogP contribution in [-0.4, -0.2) is 44.6 Å². The Hall–Kier alpha value is -2.70. The largest absolute Gasteiger partial charge is 0.342 e. The number of hydrogen-bond donors (Lipinski definition) is 1. The van der Waals surface area contributed by atoms with Gasteiger partial charge in [-0.2, -0.15) is 5.10 Å².